The molecule has 10 atom stereocenters. The van der Waals surface area contributed by atoms with Crippen LogP contribution < -0.4 is 10.9 Å². The predicted molar refractivity (Wildman–Crippen MR) is 83.4 cm³/mol. The summed E-state index contributed by atoms with van der Waals surface area (Å²) in [4.78, 5) is 10.9. The second-order valence-electron chi connectivity index (χ2n) is 6.38. The van der Waals surface area contributed by atoms with Crippen LogP contribution >= 0.6 is 0 Å². The molecule has 0 saturated carbocycles. The predicted octanol–water partition coefficient (Wildman–Crippen LogP) is -5.75. The third-order valence-corrected chi connectivity index (χ3v) is 4.39. The Hall–Kier alpha value is -0.970. The van der Waals surface area contributed by atoms with Gasteiger partial charge in [-0.2, -0.15) is 0 Å². The number of ether oxygens (including phenoxy) is 3. The summed E-state index contributed by atoms with van der Waals surface area (Å²) in [5.74, 6) is -0.486. The summed E-state index contributed by atoms with van der Waals surface area (Å²) in [6.07, 6.45) is -15.0. The van der Waals surface area contributed by atoms with Crippen molar-refractivity contribution >= 4 is 5.91 Å². The molecule has 2 saturated heterocycles. The lowest BCUT2D eigenvalue weighted by molar-refractivity contribution is -0.343. The van der Waals surface area contributed by atoms with Crippen molar-refractivity contribution in [3.05, 3.63) is 0 Å². The van der Waals surface area contributed by atoms with Gasteiger partial charge >= 0.3 is 0 Å². The molecule has 0 bridgehead atoms. The van der Waals surface area contributed by atoms with Crippen LogP contribution in [0.4, 0.5) is 0 Å². The molecule has 0 spiro atoms. The first-order chi connectivity index (χ1) is 12.7. The van der Waals surface area contributed by atoms with E-state index in [0.29, 0.717) is 0 Å². The van der Waals surface area contributed by atoms with E-state index in [-0.39, 0.29) is 0 Å². The van der Waals surface area contributed by atoms with Crippen LogP contribution in [0.3, 0.4) is 0 Å². The summed E-state index contributed by atoms with van der Waals surface area (Å²) < 4.78 is 15.9. The lowest BCUT2D eigenvalue weighted by Gasteiger charge is -2.46. The first-order valence-electron chi connectivity index (χ1n) is 8.31. The minimum absolute atomic E-state index is 0.486. The van der Waals surface area contributed by atoms with E-state index in [1.165, 1.54) is 6.92 Å². The van der Waals surface area contributed by atoms with Crippen molar-refractivity contribution in [2.24, 2.45) is 0 Å². The third kappa shape index (κ3) is 4.90. The van der Waals surface area contributed by atoms with Gasteiger partial charge in [-0.05, 0) is 0 Å². The van der Waals surface area contributed by atoms with E-state index in [0.717, 1.165) is 0 Å². The summed E-state index contributed by atoms with van der Waals surface area (Å²) >= 11 is 0. The molecule has 1 amide bonds. The van der Waals surface area contributed by atoms with Crippen LogP contribution in [0, 0.1) is 0 Å². The molecule has 2 rings (SSSR count). The second kappa shape index (κ2) is 9.49. The SMILES string of the molecule is CC(=O)NN[C@@H]1O[C@H](CO)[C@@H](O[C@@H]2O[C@H](CO)[C@@H](O)[C@H](O)[C@H]2O)[C@H](O)[C@H]1O. The fraction of sp³-hybridized carbons (Fsp3) is 0.929. The summed E-state index contributed by atoms with van der Waals surface area (Å²) in [7, 11) is 0. The summed E-state index contributed by atoms with van der Waals surface area (Å²) in [6.45, 7) is -0.138. The van der Waals surface area contributed by atoms with E-state index < -0.39 is 80.5 Å². The topological polar surface area (TPSA) is 210 Å². The fourth-order valence-corrected chi connectivity index (χ4v) is 2.88. The molecule has 2 aliphatic heterocycles. The summed E-state index contributed by atoms with van der Waals surface area (Å²) in [6, 6.07) is 0. The highest BCUT2D eigenvalue weighted by molar-refractivity contribution is 5.72. The normalized spacial score (nSPS) is 45.5. The molecule has 13 heteroatoms. The van der Waals surface area contributed by atoms with E-state index in [1.54, 1.807) is 0 Å². The van der Waals surface area contributed by atoms with Gasteiger partial charge in [0.25, 0.3) is 0 Å². The molecule has 2 aliphatic rings. The number of amides is 1. The Labute approximate surface area is 154 Å². The maximum absolute atomic E-state index is 10.9. The molecule has 0 aromatic heterocycles. The molecule has 0 aromatic rings. The Bertz CT molecular complexity index is 494. The minimum Gasteiger partial charge on any atom is -0.394 e. The van der Waals surface area contributed by atoms with Gasteiger partial charge in [0.1, 0.15) is 48.8 Å². The number of hydrazine groups is 1. The van der Waals surface area contributed by atoms with Gasteiger partial charge in [-0.3, -0.25) is 10.2 Å². The average molecular weight is 398 g/mol. The molecule has 2 heterocycles. The number of aliphatic hydroxyl groups is 7. The van der Waals surface area contributed by atoms with Gasteiger partial charge in [0, 0.05) is 6.92 Å². The van der Waals surface area contributed by atoms with Gasteiger partial charge < -0.3 is 50.0 Å². The van der Waals surface area contributed by atoms with Crippen LogP contribution in [0.2, 0.25) is 0 Å². The fourth-order valence-electron chi connectivity index (χ4n) is 2.88. The van der Waals surface area contributed by atoms with Gasteiger partial charge in [0.2, 0.25) is 5.91 Å². The Kier molecular flexibility index (Phi) is 7.84. The van der Waals surface area contributed by atoms with Crippen molar-refractivity contribution in [2.75, 3.05) is 13.2 Å². The number of hydrogen-bond donors (Lipinski definition) is 9. The maximum Gasteiger partial charge on any atom is 0.231 e. The van der Waals surface area contributed by atoms with Gasteiger partial charge in [0.15, 0.2) is 12.5 Å². The summed E-state index contributed by atoms with van der Waals surface area (Å²) in [5, 5.41) is 68.7. The van der Waals surface area contributed by atoms with Crippen LogP contribution in [-0.4, -0.2) is 116 Å². The molecule has 0 unspecified atom stereocenters. The largest absolute Gasteiger partial charge is 0.394 e. The highest BCUT2D eigenvalue weighted by Crippen LogP contribution is 2.28. The monoisotopic (exact) mass is 398 g/mol. The van der Waals surface area contributed by atoms with Gasteiger partial charge in [-0.25, -0.2) is 5.43 Å². The van der Waals surface area contributed by atoms with Gasteiger partial charge in [-0.15, -0.1) is 0 Å². The highest BCUT2D eigenvalue weighted by Gasteiger charge is 2.50. The van der Waals surface area contributed by atoms with Gasteiger partial charge in [-0.1, -0.05) is 0 Å². The smallest absolute Gasteiger partial charge is 0.231 e. The summed E-state index contributed by atoms with van der Waals surface area (Å²) in [5.41, 5.74) is 4.52. The number of rotatable bonds is 6. The van der Waals surface area contributed by atoms with Crippen LogP contribution in [0.15, 0.2) is 0 Å². The van der Waals surface area contributed by atoms with E-state index in [2.05, 4.69) is 10.9 Å². The van der Waals surface area contributed by atoms with Crippen molar-refractivity contribution in [1.29, 1.82) is 0 Å². The molecule has 9 N–H and O–H groups in total. The molecule has 13 nitrogen and oxygen atoms in total. The molecule has 2 fully saturated rings. The molecule has 0 aromatic carbocycles. The first kappa shape index (κ1) is 22.3. The Morgan fingerprint density at radius 1 is 0.889 bits per heavy atom. The number of aliphatic hydroxyl groups excluding tert-OH is 7. The van der Waals surface area contributed by atoms with Crippen molar-refractivity contribution in [3.8, 4) is 0 Å². The Morgan fingerprint density at radius 2 is 1.52 bits per heavy atom. The number of nitrogens with one attached hydrogen (secondary N) is 2. The van der Waals surface area contributed by atoms with Crippen molar-refractivity contribution in [3.63, 3.8) is 0 Å². The minimum atomic E-state index is -1.73. The van der Waals surface area contributed by atoms with E-state index >= 15 is 0 Å². The van der Waals surface area contributed by atoms with E-state index in [1.807, 2.05) is 0 Å². The molecule has 0 radical (unpaired) electrons. The van der Waals surface area contributed by atoms with Crippen LogP contribution in [0.5, 0.6) is 0 Å². The van der Waals surface area contributed by atoms with E-state index in [9.17, 15) is 40.5 Å². The zero-order valence-corrected chi connectivity index (χ0v) is 14.5. The van der Waals surface area contributed by atoms with Crippen LogP contribution in [0.25, 0.3) is 0 Å². The Balaban J connectivity index is 2.09. The maximum atomic E-state index is 10.9. The number of carbonyl (C=O) groups excluding carboxylic acids is 1. The third-order valence-electron chi connectivity index (χ3n) is 4.39. The number of hydrogen-bond acceptors (Lipinski definition) is 12. The van der Waals surface area contributed by atoms with Crippen molar-refractivity contribution in [2.45, 2.75) is 68.3 Å². The lowest BCUT2D eigenvalue weighted by Crippen LogP contribution is -2.67. The van der Waals surface area contributed by atoms with Crippen molar-refractivity contribution in [1.82, 2.24) is 10.9 Å². The Morgan fingerprint density at radius 3 is 2.07 bits per heavy atom. The van der Waals surface area contributed by atoms with Gasteiger partial charge in [0.05, 0.1) is 13.2 Å². The van der Waals surface area contributed by atoms with Crippen LogP contribution in [0.1, 0.15) is 6.92 Å². The molecular formula is C14H26N2O11. The zero-order chi connectivity index (χ0) is 20.3. The molecule has 0 aliphatic carbocycles. The lowest BCUT2D eigenvalue weighted by atomic mass is 9.96. The quantitative estimate of drug-likeness (QED) is 0.192. The second-order valence-corrected chi connectivity index (χ2v) is 6.38. The first-order valence-corrected chi connectivity index (χ1v) is 8.31. The zero-order valence-electron chi connectivity index (χ0n) is 14.5. The molecule has 27 heavy (non-hydrogen) atoms. The molecular weight excluding hydrogens is 372 g/mol. The standard InChI is InChI=1S/C14H26N2O11/c1-4(19)15-16-13-10(23)9(22)12(6(3-18)25-13)27-14-11(24)8(21)7(20)5(2-17)26-14/h5-14,16-18,20-24H,2-3H2,1H3,(H,15,19)/t5-,6-,7-,8+,9-,10-,11-,12-,13-,14+/m1/s1. The average Bonchev–Trinajstić information content (AvgIpc) is 2.64. The molecule has 158 valence electrons. The van der Waals surface area contributed by atoms with E-state index in [4.69, 9.17) is 14.2 Å². The number of carbonyl (C=O) groups is 1. The van der Waals surface area contributed by atoms with Crippen LogP contribution in [-0.2, 0) is 19.0 Å². The van der Waals surface area contributed by atoms with Crippen molar-refractivity contribution < 1.29 is 54.8 Å². The highest BCUT2D eigenvalue weighted by atomic mass is 16.7.